The monoisotopic (exact) mass is 199 g/mol. The number of hydrogen-bond donors (Lipinski definition) is 0. The van der Waals surface area contributed by atoms with Crippen molar-refractivity contribution in [1.29, 1.82) is 0 Å². The molecule has 0 N–H and O–H groups in total. The number of hydrogen-bond acceptors (Lipinski definition) is 3. The van der Waals surface area contributed by atoms with Gasteiger partial charge in [0.15, 0.2) is 0 Å². The van der Waals surface area contributed by atoms with Crippen LogP contribution in [0.4, 0.5) is 0 Å². The number of nitrogens with zero attached hydrogens (tertiary/aromatic N) is 1. The van der Waals surface area contributed by atoms with Crippen molar-refractivity contribution in [3.05, 3.63) is 0 Å². The van der Waals surface area contributed by atoms with Crippen LogP contribution in [0.25, 0.3) is 0 Å². The standard InChI is InChI=1S/C11H21NO2/c1-9(2)12-4-5-14-10(6-12)11(3)7-13-8-11/h9-10H,4-8H2,1-3H3/t10-/m0/s1. The van der Waals surface area contributed by atoms with Crippen molar-refractivity contribution < 1.29 is 9.47 Å². The van der Waals surface area contributed by atoms with Gasteiger partial charge in [-0.15, -0.1) is 0 Å². The highest BCUT2D eigenvalue weighted by atomic mass is 16.5. The summed E-state index contributed by atoms with van der Waals surface area (Å²) in [7, 11) is 0. The summed E-state index contributed by atoms with van der Waals surface area (Å²) in [6, 6.07) is 0.631. The summed E-state index contributed by atoms with van der Waals surface area (Å²) >= 11 is 0. The van der Waals surface area contributed by atoms with E-state index in [2.05, 4.69) is 25.7 Å². The molecule has 0 saturated carbocycles. The predicted octanol–water partition coefficient (Wildman–Crippen LogP) is 1.13. The maximum absolute atomic E-state index is 5.84. The lowest BCUT2D eigenvalue weighted by Crippen LogP contribution is -2.58. The van der Waals surface area contributed by atoms with E-state index in [0.717, 1.165) is 32.9 Å². The summed E-state index contributed by atoms with van der Waals surface area (Å²) in [5, 5.41) is 0. The molecular weight excluding hydrogens is 178 g/mol. The molecule has 2 aliphatic rings. The Morgan fingerprint density at radius 1 is 1.36 bits per heavy atom. The first-order valence-electron chi connectivity index (χ1n) is 5.55. The van der Waals surface area contributed by atoms with Gasteiger partial charge in [-0.2, -0.15) is 0 Å². The van der Waals surface area contributed by atoms with Gasteiger partial charge in [-0.25, -0.2) is 0 Å². The van der Waals surface area contributed by atoms with E-state index in [9.17, 15) is 0 Å². The molecule has 2 saturated heterocycles. The highest BCUT2D eigenvalue weighted by molar-refractivity contribution is 4.92. The molecule has 2 heterocycles. The van der Waals surface area contributed by atoms with Crippen LogP contribution in [-0.2, 0) is 9.47 Å². The smallest absolute Gasteiger partial charge is 0.0800 e. The van der Waals surface area contributed by atoms with Gasteiger partial charge in [0.2, 0.25) is 0 Å². The number of morpholine rings is 1. The molecule has 0 aromatic rings. The predicted molar refractivity (Wildman–Crippen MR) is 55.4 cm³/mol. The van der Waals surface area contributed by atoms with Crippen molar-refractivity contribution in [2.75, 3.05) is 32.9 Å². The van der Waals surface area contributed by atoms with Gasteiger partial charge >= 0.3 is 0 Å². The number of rotatable bonds is 2. The Labute approximate surface area is 86.4 Å². The number of ether oxygens (including phenoxy) is 2. The van der Waals surface area contributed by atoms with Crippen molar-refractivity contribution in [2.24, 2.45) is 5.41 Å². The third kappa shape index (κ3) is 1.81. The second-order valence-electron chi connectivity index (χ2n) is 5.09. The fourth-order valence-electron chi connectivity index (χ4n) is 2.17. The first-order chi connectivity index (χ1) is 6.62. The molecule has 0 amide bonds. The first-order valence-corrected chi connectivity index (χ1v) is 5.55. The third-order valence-electron chi connectivity index (χ3n) is 3.47. The molecule has 2 fully saturated rings. The second kappa shape index (κ2) is 3.80. The van der Waals surface area contributed by atoms with E-state index in [1.54, 1.807) is 0 Å². The average Bonchev–Trinajstić information content (AvgIpc) is 2.14. The Balaban J connectivity index is 1.93. The summed E-state index contributed by atoms with van der Waals surface area (Å²) in [4.78, 5) is 2.50. The molecule has 1 atom stereocenters. The van der Waals surface area contributed by atoms with E-state index in [-0.39, 0.29) is 5.41 Å². The molecule has 3 nitrogen and oxygen atoms in total. The van der Waals surface area contributed by atoms with Gasteiger partial charge in [-0.05, 0) is 13.8 Å². The Morgan fingerprint density at radius 2 is 2.07 bits per heavy atom. The molecule has 0 spiro atoms. The Morgan fingerprint density at radius 3 is 2.57 bits per heavy atom. The summed E-state index contributed by atoms with van der Waals surface area (Å²) in [5.74, 6) is 0. The van der Waals surface area contributed by atoms with E-state index in [0.29, 0.717) is 12.1 Å². The molecule has 0 bridgehead atoms. The Kier molecular flexibility index (Phi) is 2.82. The van der Waals surface area contributed by atoms with Crippen molar-refractivity contribution in [2.45, 2.75) is 32.9 Å². The van der Waals surface area contributed by atoms with Crippen molar-refractivity contribution in [1.82, 2.24) is 4.90 Å². The lowest BCUT2D eigenvalue weighted by molar-refractivity contribution is -0.198. The molecule has 0 aromatic heterocycles. The zero-order valence-corrected chi connectivity index (χ0v) is 9.45. The molecule has 0 unspecified atom stereocenters. The van der Waals surface area contributed by atoms with Crippen molar-refractivity contribution >= 4 is 0 Å². The lowest BCUT2D eigenvalue weighted by atomic mass is 9.81. The van der Waals surface area contributed by atoms with Crippen molar-refractivity contribution in [3.8, 4) is 0 Å². The van der Waals surface area contributed by atoms with Crippen LogP contribution in [0.1, 0.15) is 20.8 Å². The van der Waals surface area contributed by atoms with Crippen LogP contribution in [0, 0.1) is 5.41 Å². The van der Waals surface area contributed by atoms with Crippen LogP contribution in [0.5, 0.6) is 0 Å². The zero-order valence-electron chi connectivity index (χ0n) is 9.45. The molecule has 0 aromatic carbocycles. The Hall–Kier alpha value is -0.120. The SMILES string of the molecule is CC(C)N1CCO[C@H](C2(C)COC2)C1. The fraction of sp³-hybridized carbons (Fsp3) is 1.00. The summed E-state index contributed by atoms with van der Waals surface area (Å²) in [5.41, 5.74) is 0.271. The molecule has 2 rings (SSSR count). The lowest BCUT2D eigenvalue weighted by Gasteiger charge is -2.48. The highest BCUT2D eigenvalue weighted by Gasteiger charge is 2.44. The molecule has 14 heavy (non-hydrogen) atoms. The van der Waals surface area contributed by atoms with Crippen LogP contribution in [0.2, 0.25) is 0 Å². The van der Waals surface area contributed by atoms with Gasteiger partial charge < -0.3 is 9.47 Å². The van der Waals surface area contributed by atoms with Gasteiger partial charge in [0, 0.05) is 24.5 Å². The van der Waals surface area contributed by atoms with E-state index in [1.807, 2.05) is 0 Å². The second-order valence-corrected chi connectivity index (χ2v) is 5.09. The van der Waals surface area contributed by atoms with Crippen LogP contribution in [-0.4, -0.2) is 50.0 Å². The minimum Gasteiger partial charge on any atom is -0.380 e. The molecule has 82 valence electrons. The maximum atomic E-state index is 5.84. The third-order valence-corrected chi connectivity index (χ3v) is 3.47. The van der Waals surface area contributed by atoms with Crippen LogP contribution < -0.4 is 0 Å². The van der Waals surface area contributed by atoms with Gasteiger partial charge in [0.05, 0.1) is 25.9 Å². The van der Waals surface area contributed by atoms with Gasteiger partial charge in [0.25, 0.3) is 0 Å². The minimum absolute atomic E-state index is 0.271. The summed E-state index contributed by atoms with van der Waals surface area (Å²) < 4.78 is 11.1. The quantitative estimate of drug-likeness (QED) is 0.665. The van der Waals surface area contributed by atoms with E-state index < -0.39 is 0 Å². The average molecular weight is 199 g/mol. The van der Waals surface area contributed by atoms with E-state index in [4.69, 9.17) is 9.47 Å². The zero-order chi connectivity index (χ0) is 10.2. The molecule has 0 aliphatic carbocycles. The van der Waals surface area contributed by atoms with Crippen molar-refractivity contribution in [3.63, 3.8) is 0 Å². The Bertz CT molecular complexity index is 201. The molecule has 2 aliphatic heterocycles. The van der Waals surface area contributed by atoms with Gasteiger partial charge in [0.1, 0.15) is 0 Å². The largest absolute Gasteiger partial charge is 0.380 e. The van der Waals surface area contributed by atoms with E-state index in [1.165, 1.54) is 0 Å². The van der Waals surface area contributed by atoms with Gasteiger partial charge in [-0.1, -0.05) is 6.92 Å². The first kappa shape index (κ1) is 10.4. The fourth-order valence-corrected chi connectivity index (χ4v) is 2.17. The topological polar surface area (TPSA) is 21.7 Å². The normalized spacial score (nSPS) is 33.0. The van der Waals surface area contributed by atoms with Crippen LogP contribution >= 0.6 is 0 Å². The van der Waals surface area contributed by atoms with Crippen LogP contribution in [0.3, 0.4) is 0 Å². The minimum atomic E-state index is 0.271. The molecule has 3 heteroatoms. The molecular formula is C11H21NO2. The van der Waals surface area contributed by atoms with Gasteiger partial charge in [-0.3, -0.25) is 4.90 Å². The molecule has 0 radical (unpaired) electrons. The highest BCUT2D eigenvalue weighted by Crippen LogP contribution is 2.34. The van der Waals surface area contributed by atoms with Crippen LogP contribution in [0.15, 0.2) is 0 Å². The summed E-state index contributed by atoms with van der Waals surface area (Å²) in [6.45, 7) is 11.5. The maximum Gasteiger partial charge on any atom is 0.0800 e. The van der Waals surface area contributed by atoms with E-state index >= 15 is 0 Å². The summed E-state index contributed by atoms with van der Waals surface area (Å²) in [6.07, 6.45) is 0.368.